The van der Waals surface area contributed by atoms with Crippen LogP contribution in [-0.2, 0) is 6.54 Å². The Morgan fingerprint density at radius 1 is 1.14 bits per heavy atom. The lowest BCUT2D eigenvalue weighted by Gasteiger charge is -2.13. The van der Waals surface area contributed by atoms with Gasteiger partial charge in [-0.3, -0.25) is 0 Å². The second-order valence-corrected chi connectivity index (χ2v) is 6.60. The molecule has 0 bridgehead atoms. The first-order valence-corrected chi connectivity index (χ1v) is 8.08. The van der Waals surface area contributed by atoms with E-state index in [2.05, 4.69) is 53.3 Å². The highest BCUT2D eigenvalue weighted by Crippen LogP contribution is 2.33. The third-order valence-electron chi connectivity index (χ3n) is 3.08. The molecule has 0 unspecified atom stereocenters. The third kappa shape index (κ3) is 4.73. The predicted molar refractivity (Wildman–Crippen MR) is 92.4 cm³/mol. The summed E-state index contributed by atoms with van der Waals surface area (Å²) in [4.78, 5) is 0. The Hall–Kier alpha value is -1.03. The first-order chi connectivity index (χ1) is 9.95. The molecule has 0 saturated heterocycles. The van der Waals surface area contributed by atoms with Crippen molar-refractivity contribution < 1.29 is 4.74 Å². The van der Waals surface area contributed by atoms with Crippen molar-refractivity contribution in [1.29, 1.82) is 0 Å². The van der Waals surface area contributed by atoms with Crippen LogP contribution in [0.2, 0.25) is 5.02 Å². The van der Waals surface area contributed by atoms with Gasteiger partial charge in [-0.25, -0.2) is 0 Å². The van der Waals surface area contributed by atoms with Crippen molar-refractivity contribution in [3.05, 3.63) is 57.0 Å². The Bertz CT molecular complexity index is 628. The summed E-state index contributed by atoms with van der Waals surface area (Å²) in [5.74, 6) is 1.62. The first-order valence-electron chi connectivity index (χ1n) is 6.91. The molecule has 0 atom stereocenters. The van der Waals surface area contributed by atoms with Crippen LogP contribution >= 0.6 is 27.5 Å². The Morgan fingerprint density at radius 2 is 1.90 bits per heavy atom. The zero-order chi connectivity index (χ0) is 15.4. The van der Waals surface area contributed by atoms with E-state index in [9.17, 15) is 0 Å². The summed E-state index contributed by atoms with van der Waals surface area (Å²) in [7, 11) is 0. The maximum absolute atomic E-state index is 6.01. The van der Waals surface area contributed by atoms with E-state index in [0.717, 1.165) is 28.1 Å². The van der Waals surface area contributed by atoms with Crippen LogP contribution in [0.1, 0.15) is 25.0 Å². The zero-order valence-corrected chi connectivity index (χ0v) is 14.8. The fraction of sp³-hybridized carbons (Fsp3) is 0.294. The SMILES string of the molecule is Cc1ccc(CNC(C)C)cc1Oc1ccc(Cl)cc1Br. The van der Waals surface area contributed by atoms with Crippen molar-refractivity contribution >= 4 is 27.5 Å². The van der Waals surface area contributed by atoms with Crippen molar-refractivity contribution in [2.24, 2.45) is 0 Å². The molecule has 112 valence electrons. The van der Waals surface area contributed by atoms with E-state index in [1.165, 1.54) is 5.56 Å². The molecule has 0 saturated carbocycles. The van der Waals surface area contributed by atoms with Crippen LogP contribution in [0.25, 0.3) is 0 Å². The van der Waals surface area contributed by atoms with Crippen molar-refractivity contribution in [3.8, 4) is 11.5 Å². The van der Waals surface area contributed by atoms with Gasteiger partial charge in [0, 0.05) is 17.6 Å². The van der Waals surface area contributed by atoms with Crippen molar-refractivity contribution in [1.82, 2.24) is 5.32 Å². The van der Waals surface area contributed by atoms with Crippen LogP contribution in [0.4, 0.5) is 0 Å². The van der Waals surface area contributed by atoms with Crippen LogP contribution in [0.15, 0.2) is 40.9 Å². The van der Waals surface area contributed by atoms with Gasteiger partial charge in [0.05, 0.1) is 4.47 Å². The molecule has 2 aromatic rings. The first kappa shape index (κ1) is 16.3. The average molecular weight is 369 g/mol. The normalized spacial score (nSPS) is 11.0. The van der Waals surface area contributed by atoms with E-state index in [1.54, 1.807) is 0 Å². The second-order valence-electron chi connectivity index (χ2n) is 5.31. The van der Waals surface area contributed by atoms with Gasteiger partial charge >= 0.3 is 0 Å². The van der Waals surface area contributed by atoms with Crippen LogP contribution in [0.5, 0.6) is 11.5 Å². The topological polar surface area (TPSA) is 21.3 Å². The summed E-state index contributed by atoms with van der Waals surface area (Å²) in [6.45, 7) is 7.14. The van der Waals surface area contributed by atoms with Gasteiger partial charge < -0.3 is 10.1 Å². The van der Waals surface area contributed by atoms with Crippen LogP contribution in [0.3, 0.4) is 0 Å². The fourth-order valence-electron chi connectivity index (χ4n) is 1.86. The Morgan fingerprint density at radius 3 is 2.57 bits per heavy atom. The highest BCUT2D eigenvalue weighted by molar-refractivity contribution is 9.10. The standard InChI is InChI=1S/C17H19BrClNO/c1-11(2)20-10-13-5-4-12(3)17(8-13)21-16-7-6-14(19)9-15(16)18/h4-9,11,20H,10H2,1-3H3. The van der Waals surface area contributed by atoms with E-state index in [4.69, 9.17) is 16.3 Å². The molecule has 2 rings (SSSR count). The molecule has 0 radical (unpaired) electrons. The Kier molecular flexibility index (Phi) is 5.68. The van der Waals surface area contributed by atoms with Crippen molar-refractivity contribution in [2.45, 2.75) is 33.4 Å². The summed E-state index contributed by atoms with van der Waals surface area (Å²) in [5.41, 5.74) is 2.31. The van der Waals surface area contributed by atoms with Crippen molar-refractivity contribution in [3.63, 3.8) is 0 Å². The Labute approximate surface area is 139 Å². The van der Waals surface area contributed by atoms with E-state index < -0.39 is 0 Å². The van der Waals surface area contributed by atoms with E-state index in [1.807, 2.05) is 25.1 Å². The second kappa shape index (κ2) is 7.30. The molecule has 0 aromatic heterocycles. The molecule has 1 N–H and O–H groups in total. The summed E-state index contributed by atoms with van der Waals surface area (Å²) in [6, 6.07) is 12.3. The maximum Gasteiger partial charge on any atom is 0.141 e. The molecule has 0 aliphatic heterocycles. The van der Waals surface area contributed by atoms with Gasteiger partial charge in [-0.05, 0) is 58.2 Å². The minimum absolute atomic E-state index is 0.459. The van der Waals surface area contributed by atoms with Crippen LogP contribution < -0.4 is 10.1 Å². The lowest BCUT2D eigenvalue weighted by Crippen LogP contribution is -2.21. The highest BCUT2D eigenvalue weighted by atomic mass is 79.9. The molecule has 0 amide bonds. The molecule has 21 heavy (non-hydrogen) atoms. The highest BCUT2D eigenvalue weighted by Gasteiger charge is 2.07. The van der Waals surface area contributed by atoms with Gasteiger partial charge in [-0.15, -0.1) is 0 Å². The van der Waals surface area contributed by atoms with Gasteiger partial charge in [0.1, 0.15) is 11.5 Å². The largest absolute Gasteiger partial charge is 0.456 e. The van der Waals surface area contributed by atoms with E-state index in [0.29, 0.717) is 11.1 Å². The summed E-state index contributed by atoms with van der Waals surface area (Å²) in [5, 5.41) is 4.09. The smallest absolute Gasteiger partial charge is 0.141 e. The Balaban J connectivity index is 2.20. The van der Waals surface area contributed by atoms with Gasteiger partial charge in [0.25, 0.3) is 0 Å². The molecule has 0 fully saturated rings. The number of rotatable bonds is 5. The molecule has 0 aliphatic carbocycles. The van der Waals surface area contributed by atoms with Gasteiger partial charge in [0.15, 0.2) is 0 Å². The number of aryl methyl sites for hydroxylation is 1. The minimum atomic E-state index is 0.459. The lowest BCUT2D eigenvalue weighted by atomic mass is 10.1. The van der Waals surface area contributed by atoms with E-state index in [-0.39, 0.29) is 0 Å². The number of hydrogen-bond acceptors (Lipinski definition) is 2. The quantitative estimate of drug-likeness (QED) is 0.730. The van der Waals surface area contributed by atoms with Crippen molar-refractivity contribution in [2.75, 3.05) is 0 Å². The van der Waals surface area contributed by atoms with Crippen LogP contribution in [-0.4, -0.2) is 6.04 Å². The lowest BCUT2D eigenvalue weighted by molar-refractivity contribution is 0.474. The monoisotopic (exact) mass is 367 g/mol. The molecule has 0 heterocycles. The summed E-state index contributed by atoms with van der Waals surface area (Å²) >= 11 is 9.43. The number of hydrogen-bond donors (Lipinski definition) is 1. The van der Waals surface area contributed by atoms with Crippen LogP contribution in [0, 0.1) is 6.92 Å². The van der Waals surface area contributed by atoms with Gasteiger partial charge in [0.2, 0.25) is 0 Å². The molecule has 2 aromatic carbocycles. The van der Waals surface area contributed by atoms with E-state index >= 15 is 0 Å². The molecular formula is C17H19BrClNO. The summed E-state index contributed by atoms with van der Waals surface area (Å²) in [6.07, 6.45) is 0. The molecule has 0 spiro atoms. The number of nitrogens with one attached hydrogen (secondary N) is 1. The third-order valence-corrected chi connectivity index (χ3v) is 3.94. The fourth-order valence-corrected chi connectivity index (χ4v) is 2.63. The molecule has 0 aliphatic rings. The number of benzene rings is 2. The molecule has 2 nitrogen and oxygen atoms in total. The number of ether oxygens (including phenoxy) is 1. The maximum atomic E-state index is 6.01. The predicted octanol–water partition coefficient (Wildman–Crippen LogP) is 5.70. The molecule has 4 heteroatoms. The average Bonchev–Trinajstić information content (AvgIpc) is 2.42. The minimum Gasteiger partial charge on any atom is -0.456 e. The number of halogens is 2. The summed E-state index contributed by atoms with van der Waals surface area (Å²) < 4.78 is 6.86. The van der Waals surface area contributed by atoms with Gasteiger partial charge in [-0.2, -0.15) is 0 Å². The molecular weight excluding hydrogens is 350 g/mol. The van der Waals surface area contributed by atoms with Gasteiger partial charge in [-0.1, -0.05) is 37.6 Å². The zero-order valence-electron chi connectivity index (χ0n) is 12.4.